The SMILES string of the molecule is Nc1cc(CCF)[nH]n1. The van der Waals surface area contributed by atoms with Gasteiger partial charge >= 0.3 is 0 Å². The third-order valence-corrected chi connectivity index (χ3v) is 1.01. The highest BCUT2D eigenvalue weighted by Gasteiger charge is 1.94. The summed E-state index contributed by atoms with van der Waals surface area (Å²) >= 11 is 0. The zero-order valence-electron chi connectivity index (χ0n) is 4.89. The van der Waals surface area contributed by atoms with Crippen molar-refractivity contribution in [2.24, 2.45) is 0 Å². The van der Waals surface area contributed by atoms with E-state index in [4.69, 9.17) is 5.73 Å². The van der Waals surface area contributed by atoms with Crippen LogP contribution >= 0.6 is 0 Å². The second-order valence-corrected chi connectivity index (χ2v) is 1.76. The van der Waals surface area contributed by atoms with Gasteiger partial charge < -0.3 is 5.73 Å². The van der Waals surface area contributed by atoms with Crippen molar-refractivity contribution in [3.63, 3.8) is 0 Å². The molecule has 1 heterocycles. The number of aromatic nitrogens is 2. The van der Waals surface area contributed by atoms with Crippen LogP contribution in [0.5, 0.6) is 0 Å². The largest absolute Gasteiger partial charge is 0.382 e. The number of halogens is 1. The Labute approximate surface area is 52.1 Å². The van der Waals surface area contributed by atoms with Crippen LogP contribution < -0.4 is 5.73 Å². The average Bonchev–Trinajstić information content (AvgIpc) is 2.17. The molecule has 9 heavy (non-hydrogen) atoms. The lowest BCUT2D eigenvalue weighted by Gasteiger charge is -1.84. The second-order valence-electron chi connectivity index (χ2n) is 1.76. The van der Waals surface area contributed by atoms with Crippen molar-refractivity contribution in [3.05, 3.63) is 11.8 Å². The number of nitrogens with two attached hydrogens (primary N) is 1. The fraction of sp³-hybridized carbons (Fsp3) is 0.400. The Bertz CT molecular complexity index is 184. The van der Waals surface area contributed by atoms with Gasteiger partial charge in [-0.1, -0.05) is 0 Å². The van der Waals surface area contributed by atoms with Gasteiger partial charge in [0.05, 0.1) is 6.67 Å². The topological polar surface area (TPSA) is 54.7 Å². The molecule has 0 fully saturated rings. The van der Waals surface area contributed by atoms with Gasteiger partial charge in [0.25, 0.3) is 0 Å². The Morgan fingerprint density at radius 3 is 3.00 bits per heavy atom. The highest BCUT2D eigenvalue weighted by Crippen LogP contribution is 2.00. The summed E-state index contributed by atoms with van der Waals surface area (Å²) in [5.74, 6) is 0.415. The number of H-pyrrole nitrogens is 1. The molecule has 0 aliphatic rings. The lowest BCUT2D eigenvalue weighted by Crippen LogP contribution is -1.85. The van der Waals surface area contributed by atoms with E-state index in [1.54, 1.807) is 6.07 Å². The van der Waals surface area contributed by atoms with Crippen molar-refractivity contribution < 1.29 is 4.39 Å². The number of hydrogen-bond acceptors (Lipinski definition) is 2. The zero-order chi connectivity index (χ0) is 6.69. The number of aryl methyl sites for hydroxylation is 1. The summed E-state index contributed by atoms with van der Waals surface area (Å²) in [7, 11) is 0. The number of hydrogen-bond donors (Lipinski definition) is 2. The molecule has 1 aromatic heterocycles. The molecule has 0 radical (unpaired) electrons. The van der Waals surface area contributed by atoms with Gasteiger partial charge in [-0.05, 0) is 0 Å². The summed E-state index contributed by atoms with van der Waals surface area (Å²) in [6.45, 7) is -0.373. The van der Waals surface area contributed by atoms with Crippen LogP contribution in [0.3, 0.4) is 0 Å². The maximum Gasteiger partial charge on any atom is 0.145 e. The highest BCUT2D eigenvalue weighted by atomic mass is 19.1. The van der Waals surface area contributed by atoms with Crippen LogP contribution in [0.1, 0.15) is 5.69 Å². The quantitative estimate of drug-likeness (QED) is 0.611. The van der Waals surface area contributed by atoms with Crippen LogP contribution in [0, 0.1) is 0 Å². The molecule has 0 spiro atoms. The number of nitrogens with zero attached hydrogens (tertiary/aromatic N) is 1. The van der Waals surface area contributed by atoms with Crippen LogP contribution in [-0.4, -0.2) is 16.9 Å². The van der Waals surface area contributed by atoms with E-state index in [1.165, 1.54) is 0 Å². The summed E-state index contributed by atoms with van der Waals surface area (Å²) in [6, 6.07) is 1.62. The van der Waals surface area contributed by atoms with E-state index in [-0.39, 0.29) is 6.67 Å². The molecule has 0 aromatic carbocycles. The molecule has 0 saturated carbocycles. The molecule has 0 atom stereocenters. The molecule has 3 N–H and O–H groups in total. The third kappa shape index (κ3) is 1.42. The Balaban J connectivity index is 2.61. The van der Waals surface area contributed by atoms with Crippen LogP contribution in [0.15, 0.2) is 6.07 Å². The molecule has 0 aliphatic heterocycles. The van der Waals surface area contributed by atoms with E-state index in [9.17, 15) is 4.39 Å². The van der Waals surface area contributed by atoms with Crippen LogP contribution in [0.2, 0.25) is 0 Å². The molecule has 0 unspecified atom stereocenters. The third-order valence-electron chi connectivity index (χ3n) is 1.01. The van der Waals surface area contributed by atoms with Crippen molar-refractivity contribution in [2.45, 2.75) is 6.42 Å². The number of nitrogens with one attached hydrogen (secondary N) is 1. The minimum absolute atomic E-state index is 0.365. The molecule has 50 valence electrons. The minimum Gasteiger partial charge on any atom is -0.382 e. The van der Waals surface area contributed by atoms with E-state index in [1.807, 2.05) is 0 Å². The van der Waals surface area contributed by atoms with E-state index in [2.05, 4.69) is 10.2 Å². The summed E-state index contributed by atoms with van der Waals surface area (Å²) in [6.07, 6.45) is 0.365. The molecule has 0 saturated heterocycles. The van der Waals surface area contributed by atoms with Crippen LogP contribution in [-0.2, 0) is 6.42 Å². The summed E-state index contributed by atoms with van der Waals surface area (Å²) in [5, 5.41) is 6.21. The summed E-state index contributed by atoms with van der Waals surface area (Å²) in [4.78, 5) is 0. The molecule has 0 aliphatic carbocycles. The van der Waals surface area contributed by atoms with Gasteiger partial charge in [-0.15, -0.1) is 0 Å². The average molecular weight is 129 g/mol. The first kappa shape index (κ1) is 6.07. The van der Waals surface area contributed by atoms with E-state index < -0.39 is 0 Å². The van der Waals surface area contributed by atoms with Gasteiger partial charge in [-0.3, -0.25) is 9.49 Å². The zero-order valence-corrected chi connectivity index (χ0v) is 4.89. The van der Waals surface area contributed by atoms with E-state index >= 15 is 0 Å². The number of alkyl halides is 1. The van der Waals surface area contributed by atoms with Crippen molar-refractivity contribution in [3.8, 4) is 0 Å². The van der Waals surface area contributed by atoms with Crippen LogP contribution in [0.25, 0.3) is 0 Å². The van der Waals surface area contributed by atoms with Crippen molar-refractivity contribution >= 4 is 5.82 Å². The molecule has 3 nitrogen and oxygen atoms in total. The molecular formula is C5H8FN3. The first-order valence-electron chi connectivity index (χ1n) is 2.68. The Morgan fingerprint density at radius 1 is 1.78 bits per heavy atom. The summed E-state index contributed by atoms with van der Waals surface area (Å²) in [5.41, 5.74) is 5.99. The normalized spacial score (nSPS) is 9.89. The predicted octanol–water partition coefficient (Wildman–Crippen LogP) is 0.504. The van der Waals surface area contributed by atoms with Crippen molar-refractivity contribution in [2.75, 3.05) is 12.4 Å². The molecule has 0 amide bonds. The smallest absolute Gasteiger partial charge is 0.145 e. The molecule has 4 heteroatoms. The lowest BCUT2D eigenvalue weighted by molar-refractivity contribution is 0.491. The molecule has 0 bridgehead atoms. The Hall–Kier alpha value is -1.06. The van der Waals surface area contributed by atoms with E-state index in [0.717, 1.165) is 5.69 Å². The number of nitrogen functional groups attached to an aromatic ring is 1. The van der Waals surface area contributed by atoms with Gasteiger partial charge in [-0.2, -0.15) is 5.10 Å². The van der Waals surface area contributed by atoms with Gasteiger partial charge in [0.1, 0.15) is 5.82 Å². The van der Waals surface area contributed by atoms with Gasteiger partial charge in [0, 0.05) is 18.2 Å². The van der Waals surface area contributed by atoms with Gasteiger partial charge in [0.15, 0.2) is 0 Å². The van der Waals surface area contributed by atoms with Crippen LogP contribution in [0.4, 0.5) is 10.2 Å². The molecule has 1 aromatic rings. The maximum absolute atomic E-state index is 11.6. The first-order valence-corrected chi connectivity index (χ1v) is 2.68. The lowest BCUT2D eigenvalue weighted by atomic mass is 10.3. The van der Waals surface area contributed by atoms with Crippen molar-refractivity contribution in [1.82, 2.24) is 10.2 Å². The second kappa shape index (κ2) is 2.48. The molecule has 1 rings (SSSR count). The number of rotatable bonds is 2. The summed E-state index contributed by atoms with van der Waals surface area (Å²) < 4.78 is 11.6. The predicted molar refractivity (Wildman–Crippen MR) is 32.7 cm³/mol. The van der Waals surface area contributed by atoms with E-state index in [0.29, 0.717) is 12.2 Å². The standard InChI is InChI=1S/C5H8FN3/c6-2-1-4-3-5(7)9-8-4/h3H,1-2H2,(H3,7,8,9). The fourth-order valence-electron chi connectivity index (χ4n) is 0.609. The Morgan fingerprint density at radius 2 is 2.56 bits per heavy atom. The van der Waals surface area contributed by atoms with Crippen molar-refractivity contribution in [1.29, 1.82) is 0 Å². The van der Waals surface area contributed by atoms with Gasteiger partial charge in [0.2, 0.25) is 0 Å². The highest BCUT2D eigenvalue weighted by molar-refractivity contribution is 5.28. The Kier molecular flexibility index (Phi) is 1.67. The van der Waals surface area contributed by atoms with Gasteiger partial charge in [-0.25, -0.2) is 0 Å². The fourth-order valence-corrected chi connectivity index (χ4v) is 0.609. The number of aromatic amines is 1. The first-order chi connectivity index (χ1) is 4.33. The molecular weight excluding hydrogens is 121 g/mol. The number of anilines is 1. The monoisotopic (exact) mass is 129 g/mol. The minimum atomic E-state index is -0.373. The maximum atomic E-state index is 11.6.